The normalized spacial score (nSPS) is 10.8. The Morgan fingerprint density at radius 3 is 2.53 bits per heavy atom. The summed E-state index contributed by atoms with van der Waals surface area (Å²) in [6.45, 7) is 0.662. The lowest BCUT2D eigenvalue weighted by molar-refractivity contribution is 0.516. The number of benzene rings is 2. The van der Waals surface area contributed by atoms with Gasteiger partial charge in [0, 0.05) is 10.2 Å². The highest BCUT2D eigenvalue weighted by molar-refractivity contribution is 9.10. The van der Waals surface area contributed by atoms with Gasteiger partial charge >= 0.3 is 0 Å². The SMILES string of the molecule is Brc1ccc2cc(NCc3occc3Br)ccc2c1. The summed E-state index contributed by atoms with van der Waals surface area (Å²) in [7, 11) is 0. The number of hydrogen-bond donors (Lipinski definition) is 1. The standard InChI is InChI=1S/C15H11Br2NO/c16-12-3-1-11-8-13(4-2-10(11)7-12)18-9-15-14(17)5-6-19-15/h1-8,18H,9H2. The largest absolute Gasteiger partial charge is 0.466 e. The molecule has 0 fully saturated rings. The zero-order valence-electron chi connectivity index (χ0n) is 9.99. The second kappa shape index (κ2) is 5.39. The number of nitrogens with one attached hydrogen (secondary N) is 1. The molecule has 2 aromatic carbocycles. The Balaban J connectivity index is 1.82. The van der Waals surface area contributed by atoms with E-state index in [4.69, 9.17) is 4.42 Å². The van der Waals surface area contributed by atoms with Crippen LogP contribution in [0.3, 0.4) is 0 Å². The highest BCUT2D eigenvalue weighted by Gasteiger charge is 2.03. The summed E-state index contributed by atoms with van der Waals surface area (Å²) in [5.74, 6) is 0.899. The molecule has 1 aromatic heterocycles. The van der Waals surface area contributed by atoms with Gasteiger partial charge in [-0.25, -0.2) is 0 Å². The van der Waals surface area contributed by atoms with Crippen LogP contribution in [-0.2, 0) is 6.54 Å². The van der Waals surface area contributed by atoms with Gasteiger partial charge in [-0.3, -0.25) is 0 Å². The number of hydrogen-bond acceptors (Lipinski definition) is 2. The maximum Gasteiger partial charge on any atom is 0.136 e. The third-order valence-corrected chi connectivity index (χ3v) is 4.15. The van der Waals surface area contributed by atoms with Crippen molar-refractivity contribution in [3.63, 3.8) is 0 Å². The molecule has 0 radical (unpaired) electrons. The molecule has 0 atom stereocenters. The van der Waals surface area contributed by atoms with Gasteiger partial charge < -0.3 is 9.73 Å². The molecule has 96 valence electrons. The average molecular weight is 381 g/mol. The number of halogens is 2. The van der Waals surface area contributed by atoms with Gasteiger partial charge in [0.25, 0.3) is 0 Å². The van der Waals surface area contributed by atoms with Crippen LogP contribution in [0.2, 0.25) is 0 Å². The van der Waals surface area contributed by atoms with E-state index in [-0.39, 0.29) is 0 Å². The molecule has 0 saturated carbocycles. The molecule has 1 heterocycles. The van der Waals surface area contributed by atoms with Crippen molar-refractivity contribution < 1.29 is 4.42 Å². The van der Waals surface area contributed by atoms with Gasteiger partial charge in [0.1, 0.15) is 5.76 Å². The highest BCUT2D eigenvalue weighted by atomic mass is 79.9. The van der Waals surface area contributed by atoms with Crippen molar-refractivity contribution in [3.05, 3.63) is 63.4 Å². The molecule has 0 saturated heterocycles. The third-order valence-electron chi connectivity index (χ3n) is 2.95. The zero-order valence-corrected chi connectivity index (χ0v) is 13.2. The Bertz CT molecular complexity index is 721. The third kappa shape index (κ3) is 2.85. The summed E-state index contributed by atoms with van der Waals surface area (Å²) in [6, 6.07) is 14.5. The number of anilines is 1. The van der Waals surface area contributed by atoms with E-state index >= 15 is 0 Å². The Hall–Kier alpha value is -1.26. The van der Waals surface area contributed by atoms with Crippen molar-refractivity contribution in [1.82, 2.24) is 0 Å². The molecule has 3 aromatic rings. The molecule has 0 bridgehead atoms. The lowest BCUT2D eigenvalue weighted by atomic mass is 10.1. The van der Waals surface area contributed by atoms with Crippen LogP contribution in [0.4, 0.5) is 5.69 Å². The minimum absolute atomic E-state index is 0.662. The van der Waals surface area contributed by atoms with E-state index in [1.807, 2.05) is 6.07 Å². The number of furan rings is 1. The highest BCUT2D eigenvalue weighted by Crippen LogP contribution is 2.24. The van der Waals surface area contributed by atoms with E-state index in [0.29, 0.717) is 6.54 Å². The van der Waals surface area contributed by atoms with Gasteiger partial charge in [-0.2, -0.15) is 0 Å². The molecule has 0 amide bonds. The Labute approximate surface area is 128 Å². The minimum Gasteiger partial charge on any atom is -0.466 e. The van der Waals surface area contributed by atoms with Crippen LogP contribution in [0.15, 0.2) is 62.1 Å². The van der Waals surface area contributed by atoms with E-state index < -0.39 is 0 Å². The van der Waals surface area contributed by atoms with Crippen LogP contribution >= 0.6 is 31.9 Å². The molecule has 19 heavy (non-hydrogen) atoms. The molecular weight excluding hydrogens is 370 g/mol. The van der Waals surface area contributed by atoms with E-state index in [9.17, 15) is 0 Å². The van der Waals surface area contributed by atoms with E-state index in [1.165, 1.54) is 10.8 Å². The first-order valence-electron chi connectivity index (χ1n) is 5.87. The topological polar surface area (TPSA) is 25.2 Å². The van der Waals surface area contributed by atoms with E-state index in [2.05, 4.69) is 73.6 Å². The summed E-state index contributed by atoms with van der Waals surface area (Å²) in [4.78, 5) is 0. The molecule has 0 unspecified atom stereocenters. The summed E-state index contributed by atoms with van der Waals surface area (Å²) >= 11 is 6.93. The van der Waals surface area contributed by atoms with Crippen molar-refractivity contribution >= 4 is 48.3 Å². The molecule has 3 rings (SSSR count). The first-order valence-corrected chi connectivity index (χ1v) is 7.46. The van der Waals surface area contributed by atoms with E-state index in [0.717, 1.165) is 20.4 Å². The molecular formula is C15H11Br2NO. The Kier molecular flexibility index (Phi) is 3.62. The van der Waals surface area contributed by atoms with Crippen LogP contribution < -0.4 is 5.32 Å². The predicted octanol–water partition coefficient (Wildman–Crippen LogP) is 5.57. The van der Waals surface area contributed by atoms with Gasteiger partial charge in [0.15, 0.2) is 0 Å². The monoisotopic (exact) mass is 379 g/mol. The van der Waals surface area contributed by atoms with Crippen LogP contribution in [0.25, 0.3) is 10.8 Å². The van der Waals surface area contributed by atoms with Crippen molar-refractivity contribution in [1.29, 1.82) is 0 Å². The lowest BCUT2D eigenvalue weighted by Crippen LogP contribution is -1.98. The fraction of sp³-hybridized carbons (Fsp3) is 0.0667. The molecule has 2 nitrogen and oxygen atoms in total. The lowest BCUT2D eigenvalue weighted by Gasteiger charge is -2.07. The Morgan fingerprint density at radius 2 is 1.74 bits per heavy atom. The van der Waals surface area contributed by atoms with Gasteiger partial charge in [0.2, 0.25) is 0 Å². The van der Waals surface area contributed by atoms with Crippen LogP contribution in [0.1, 0.15) is 5.76 Å². The van der Waals surface area contributed by atoms with Crippen molar-refractivity contribution in [2.45, 2.75) is 6.54 Å². The van der Waals surface area contributed by atoms with Crippen molar-refractivity contribution in [2.75, 3.05) is 5.32 Å². The second-order valence-electron chi connectivity index (χ2n) is 4.25. The van der Waals surface area contributed by atoms with Gasteiger partial charge in [-0.05, 0) is 57.0 Å². The molecule has 0 aliphatic rings. The van der Waals surface area contributed by atoms with Crippen LogP contribution in [-0.4, -0.2) is 0 Å². The van der Waals surface area contributed by atoms with Crippen LogP contribution in [0, 0.1) is 0 Å². The molecule has 4 heteroatoms. The molecule has 1 N–H and O–H groups in total. The van der Waals surface area contributed by atoms with Crippen molar-refractivity contribution in [3.8, 4) is 0 Å². The first kappa shape index (κ1) is 12.8. The zero-order chi connectivity index (χ0) is 13.2. The fourth-order valence-electron chi connectivity index (χ4n) is 1.96. The molecule has 0 aliphatic heterocycles. The Morgan fingerprint density at radius 1 is 0.947 bits per heavy atom. The summed E-state index contributed by atoms with van der Waals surface area (Å²) in [5, 5.41) is 5.80. The summed E-state index contributed by atoms with van der Waals surface area (Å²) in [6.07, 6.45) is 1.68. The first-order chi connectivity index (χ1) is 9.22. The number of fused-ring (bicyclic) bond motifs is 1. The van der Waals surface area contributed by atoms with Gasteiger partial charge in [-0.1, -0.05) is 28.1 Å². The summed E-state index contributed by atoms with van der Waals surface area (Å²) in [5.41, 5.74) is 1.08. The predicted molar refractivity (Wildman–Crippen MR) is 85.4 cm³/mol. The number of rotatable bonds is 3. The van der Waals surface area contributed by atoms with Crippen molar-refractivity contribution in [2.24, 2.45) is 0 Å². The molecule has 0 spiro atoms. The maximum absolute atomic E-state index is 5.37. The fourth-order valence-corrected chi connectivity index (χ4v) is 2.68. The second-order valence-corrected chi connectivity index (χ2v) is 6.02. The van der Waals surface area contributed by atoms with Crippen LogP contribution in [0.5, 0.6) is 0 Å². The molecule has 0 aliphatic carbocycles. The summed E-state index contributed by atoms with van der Waals surface area (Å²) < 4.78 is 7.46. The smallest absolute Gasteiger partial charge is 0.136 e. The van der Waals surface area contributed by atoms with E-state index in [1.54, 1.807) is 6.26 Å². The average Bonchev–Trinajstić information content (AvgIpc) is 2.82. The van der Waals surface area contributed by atoms with Gasteiger partial charge in [-0.15, -0.1) is 0 Å². The quantitative estimate of drug-likeness (QED) is 0.642. The maximum atomic E-state index is 5.37. The minimum atomic E-state index is 0.662. The van der Waals surface area contributed by atoms with Gasteiger partial charge in [0.05, 0.1) is 17.3 Å².